The van der Waals surface area contributed by atoms with Crippen LogP contribution in [0.5, 0.6) is 11.5 Å². The molecule has 0 heterocycles. The van der Waals surface area contributed by atoms with Gasteiger partial charge in [0.05, 0.1) is 7.11 Å². The Morgan fingerprint density at radius 2 is 1.95 bits per heavy atom. The molecule has 2 aromatic carbocycles. The van der Waals surface area contributed by atoms with E-state index < -0.39 is 5.97 Å². The molecular weight excluding hydrogens is 268 g/mol. The fourth-order valence-electron chi connectivity index (χ4n) is 1.76. The molecule has 4 heteroatoms. The molecule has 0 bridgehead atoms. The van der Waals surface area contributed by atoms with Crippen LogP contribution in [0.15, 0.2) is 54.6 Å². The molecule has 21 heavy (non-hydrogen) atoms. The fraction of sp³-hybridized carbons (Fsp3) is 0.118. The zero-order valence-electron chi connectivity index (χ0n) is 11.7. The summed E-state index contributed by atoms with van der Waals surface area (Å²) in [6.45, 7) is 0.138. The van der Waals surface area contributed by atoms with Gasteiger partial charge in [-0.25, -0.2) is 4.79 Å². The predicted octanol–water partition coefficient (Wildman–Crippen LogP) is 3.27. The van der Waals surface area contributed by atoms with Crippen molar-refractivity contribution < 1.29 is 19.4 Å². The maximum atomic E-state index is 11.8. The fourth-order valence-corrected chi connectivity index (χ4v) is 1.76. The van der Waals surface area contributed by atoms with Crippen molar-refractivity contribution in [3.8, 4) is 11.5 Å². The van der Waals surface area contributed by atoms with Crippen LogP contribution in [-0.4, -0.2) is 24.8 Å². The van der Waals surface area contributed by atoms with Crippen LogP contribution >= 0.6 is 0 Å². The summed E-state index contributed by atoms with van der Waals surface area (Å²) in [6, 6.07) is 14.1. The lowest BCUT2D eigenvalue weighted by Gasteiger charge is -2.06. The molecule has 0 atom stereocenters. The first-order chi connectivity index (χ1) is 10.2. The summed E-state index contributed by atoms with van der Waals surface area (Å²) in [7, 11) is 1.49. The number of ether oxygens (including phenoxy) is 2. The lowest BCUT2D eigenvalue weighted by atomic mass is 10.2. The number of aromatic hydroxyl groups is 1. The van der Waals surface area contributed by atoms with E-state index in [1.54, 1.807) is 12.1 Å². The van der Waals surface area contributed by atoms with Crippen molar-refractivity contribution in [2.45, 2.75) is 0 Å². The molecule has 0 saturated heterocycles. The van der Waals surface area contributed by atoms with Crippen molar-refractivity contribution in [3.63, 3.8) is 0 Å². The summed E-state index contributed by atoms with van der Waals surface area (Å²) in [5.41, 5.74) is 1.14. The lowest BCUT2D eigenvalue weighted by molar-refractivity contribution is 0.0547. The standard InChI is InChI=1S/C17H16O4/c1-20-14-9-10-15(16(18)12-14)17(19)21-11-5-8-13-6-3-2-4-7-13/h2-10,12,18H,11H2,1H3/b8-5+. The number of hydrogen-bond donors (Lipinski definition) is 1. The average molecular weight is 284 g/mol. The summed E-state index contributed by atoms with van der Waals surface area (Å²) in [5, 5.41) is 9.73. The highest BCUT2D eigenvalue weighted by atomic mass is 16.5. The molecule has 2 aromatic rings. The van der Waals surface area contributed by atoms with E-state index in [-0.39, 0.29) is 17.9 Å². The topological polar surface area (TPSA) is 55.8 Å². The Kier molecular flexibility index (Phi) is 4.99. The molecule has 0 unspecified atom stereocenters. The first-order valence-electron chi connectivity index (χ1n) is 6.46. The second-order valence-corrected chi connectivity index (χ2v) is 4.29. The molecule has 1 N–H and O–H groups in total. The largest absolute Gasteiger partial charge is 0.507 e. The van der Waals surface area contributed by atoms with Gasteiger partial charge >= 0.3 is 5.97 Å². The molecule has 108 valence electrons. The van der Waals surface area contributed by atoms with Crippen LogP contribution in [-0.2, 0) is 4.74 Å². The first kappa shape index (κ1) is 14.7. The molecule has 0 saturated carbocycles. The van der Waals surface area contributed by atoms with Crippen molar-refractivity contribution >= 4 is 12.0 Å². The number of phenols is 1. The third-order valence-corrected chi connectivity index (χ3v) is 2.85. The third kappa shape index (κ3) is 4.11. The Morgan fingerprint density at radius 3 is 2.62 bits per heavy atom. The minimum atomic E-state index is -0.576. The van der Waals surface area contributed by atoms with Gasteiger partial charge < -0.3 is 14.6 Å². The molecule has 0 radical (unpaired) electrons. The van der Waals surface area contributed by atoms with Gasteiger partial charge in [0.25, 0.3) is 0 Å². The third-order valence-electron chi connectivity index (χ3n) is 2.85. The lowest BCUT2D eigenvalue weighted by Crippen LogP contribution is -2.05. The molecule has 0 aliphatic heterocycles. The van der Waals surface area contributed by atoms with E-state index in [9.17, 15) is 9.90 Å². The van der Waals surface area contributed by atoms with Gasteiger partial charge in [-0.15, -0.1) is 0 Å². The van der Waals surface area contributed by atoms with Crippen LogP contribution in [0.3, 0.4) is 0 Å². The van der Waals surface area contributed by atoms with Crippen LogP contribution in [0, 0.1) is 0 Å². The van der Waals surface area contributed by atoms with E-state index >= 15 is 0 Å². The Labute approximate surface area is 123 Å². The average Bonchev–Trinajstić information content (AvgIpc) is 2.52. The van der Waals surface area contributed by atoms with Gasteiger partial charge in [0.1, 0.15) is 23.7 Å². The van der Waals surface area contributed by atoms with Gasteiger partial charge in [-0.2, -0.15) is 0 Å². The molecule has 0 spiro atoms. The predicted molar refractivity (Wildman–Crippen MR) is 80.4 cm³/mol. The van der Waals surface area contributed by atoms with E-state index in [0.29, 0.717) is 5.75 Å². The summed E-state index contributed by atoms with van der Waals surface area (Å²) < 4.78 is 10.0. The Bertz CT molecular complexity index is 632. The number of benzene rings is 2. The quantitative estimate of drug-likeness (QED) is 0.856. The molecule has 0 aromatic heterocycles. The number of rotatable bonds is 5. The maximum absolute atomic E-state index is 11.8. The van der Waals surface area contributed by atoms with Crippen molar-refractivity contribution in [1.29, 1.82) is 0 Å². The van der Waals surface area contributed by atoms with Crippen molar-refractivity contribution in [2.75, 3.05) is 13.7 Å². The van der Waals surface area contributed by atoms with Crippen molar-refractivity contribution in [2.24, 2.45) is 0 Å². The van der Waals surface area contributed by atoms with Crippen LogP contribution in [0.2, 0.25) is 0 Å². The number of esters is 1. The Morgan fingerprint density at radius 1 is 1.19 bits per heavy atom. The molecule has 0 aliphatic rings. The number of carbonyl (C=O) groups excluding carboxylic acids is 1. The number of methoxy groups -OCH3 is 1. The van der Waals surface area contributed by atoms with Crippen molar-refractivity contribution in [3.05, 3.63) is 65.7 Å². The van der Waals surface area contributed by atoms with Gasteiger partial charge in [-0.3, -0.25) is 0 Å². The normalized spacial score (nSPS) is 10.5. The number of hydrogen-bond acceptors (Lipinski definition) is 4. The molecule has 0 aliphatic carbocycles. The highest BCUT2D eigenvalue weighted by Crippen LogP contribution is 2.23. The van der Waals surface area contributed by atoms with Crippen molar-refractivity contribution in [1.82, 2.24) is 0 Å². The first-order valence-corrected chi connectivity index (χ1v) is 6.46. The summed E-state index contributed by atoms with van der Waals surface area (Å²) in [6.07, 6.45) is 3.61. The SMILES string of the molecule is COc1ccc(C(=O)OC/C=C/c2ccccc2)c(O)c1. The van der Waals surface area contributed by atoms with Gasteiger partial charge in [0.2, 0.25) is 0 Å². The molecule has 0 amide bonds. The number of carbonyl (C=O) groups is 1. The van der Waals surface area contributed by atoms with E-state index in [1.807, 2.05) is 36.4 Å². The van der Waals surface area contributed by atoms with Gasteiger partial charge in [0, 0.05) is 6.07 Å². The van der Waals surface area contributed by atoms with Crippen LogP contribution in [0.4, 0.5) is 0 Å². The summed E-state index contributed by atoms with van der Waals surface area (Å²) in [5.74, 6) is -0.257. The highest BCUT2D eigenvalue weighted by Gasteiger charge is 2.12. The van der Waals surface area contributed by atoms with Crippen LogP contribution in [0.25, 0.3) is 6.08 Å². The molecule has 2 rings (SSSR count). The Balaban J connectivity index is 1.92. The van der Waals surface area contributed by atoms with E-state index in [4.69, 9.17) is 9.47 Å². The Hall–Kier alpha value is -2.75. The zero-order valence-corrected chi connectivity index (χ0v) is 11.7. The van der Waals surface area contributed by atoms with Crippen LogP contribution in [0.1, 0.15) is 15.9 Å². The number of phenolic OH excluding ortho intramolecular Hbond substituents is 1. The maximum Gasteiger partial charge on any atom is 0.342 e. The molecule has 4 nitrogen and oxygen atoms in total. The van der Waals surface area contributed by atoms with Crippen LogP contribution < -0.4 is 4.74 Å². The molecular formula is C17H16O4. The summed E-state index contributed by atoms with van der Waals surface area (Å²) >= 11 is 0. The summed E-state index contributed by atoms with van der Waals surface area (Å²) in [4.78, 5) is 11.8. The monoisotopic (exact) mass is 284 g/mol. The smallest absolute Gasteiger partial charge is 0.342 e. The van der Waals surface area contributed by atoms with Gasteiger partial charge in [-0.1, -0.05) is 36.4 Å². The minimum absolute atomic E-state index is 0.115. The van der Waals surface area contributed by atoms with Gasteiger partial charge in [0.15, 0.2) is 0 Å². The second kappa shape index (κ2) is 7.14. The van der Waals surface area contributed by atoms with Gasteiger partial charge in [-0.05, 0) is 23.8 Å². The van der Waals surface area contributed by atoms with E-state index in [1.165, 1.54) is 19.2 Å². The zero-order chi connectivity index (χ0) is 15.1. The van der Waals surface area contributed by atoms with E-state index in [0.717, 1.165) is 5.56 Å². The minimum Gasteiger partial charge on any atom is -0.507 e. The highest BCUT2D eigenvalue weighted by molar-refractivity contribution is 5.92. The second-order valence-electron chi connectivity index (χ2n) is 4.29. The molecule has 0 fully saturated rings. The van der Waals surface area contributed by atoms with E-state index in [2.05, 4.69) is 0 Å².